The lowest BCUT2D eigenvalue weighted by atomic mass is 10.1. The fourth-order valence-corrected chi connectivity index (χ4v) is 3.59. The number of aromatic amines is 1. The average molecular weight is 388 g/mol. The van der Waals surface area contributed by atoms with Crippen molar-refractivity contribution in [3.8, 4) is 0 Å². The zero-order chi connectivity index (χ0) is 20.4. The van der Waals surface area contributed by atoms with Crippen LogP contribution in [0.25, 0.3) is 0 Å². The molecule has 2 aromatic carbocycles. The number of nitrogens with zero attached hydrogens (tertiary/aromatic N) is 2. The van der Waals surface area contributed by atoms with Gasteiger partial charge in [-0.3, -0.25) is 4.79 Å². The van der Waals surface area contributed by atoms with E-state index in [1.54, 1.807) is 4.90 Å². The van der Waals surface area contributed by atoms with Crippen molar-refractivity contribution >= 4 is 11.7 Å². The summed E-state index contributed by atoms with van der Waals surface area (Å²) in [5.41, 5.74) is 5.37. The van der Waals surface area contributed by atoms with Crippen LogP contribution in [-0.4, -0.2) is 27.4 Å². The molecule has 0 fully saturated rings. The second-order valence-corrected chi connectivity index (χ2v) is 7.57. The molecule has 0 atom stereocenters. The van der Waals surface area contributed by atoms with Crippen LogP contribution in [-0.2, 0) is 19.4 Å². The first-order valence-corrected chi connectivity index (χ1v) is 9.77. The van der Waals surface area contributed by atoms with Crippen LogP contribution in [0.2, 0.25) is 0 Å². The van der Waals surface area contributed by atoms with E-state index in [0.29, 0.717) is 30.8 Å². The number of hydrogen-bond donors (Lipinski definition) is 2. The molecular weight excluding hydrogens is 364 g/mol. The van der Waals surface area contributed by atoms with Gasteiger partial charge >= 0.3 is 6.03 Å². The Labute approximate surface area is 169 Å². The van der Waals surface area contributed by atoms with E-state index in [1.165, 1.54) is 5.56 Å². The highest BCUT2D eigenvalue weighted by Crippen LogP contribution is 2.17. The molecule has 1 aromatic heterocycles. The summed E-state index contributed by atoms with van der Waals surface area (Å²) < 4.78 is 0. The SMILES string of the molecule is Cc1ccc(NC(=O)N2CCc3nc(Cc4cccc(C)c4)[nH]c(=O)c3C2)cc1. The van der Waals surface area contributed by atoms with E-state index in [1.807, 2.05) is 56.3 Å². The molecule has 4 rings (SSSR count). The number of hydrogen-bond acceptors (Lipinski definition) is 3. The Kier molecular flexibility index (Phi) is 5.16. The van der Waals surface area contributed by atoms with E-state index in [2.05, 4.69) is 21.4 Å². The van der Waals surface area contributed by atoms with E-state index in [4.69, 9.17) is 0 Å². The third kappa shape index (κ3) is 4.37. The average Bonchev–Trinajstić information content (AvgIpc) is 2.69. The number of aryl methyl sites for hydroxylation is 2. The number of carbonyl (C=O) groups excluding carboxylic acids is 1. The van der Waals surface area contributed by atoms with E-state index in [-0.39, 0.29) is 18.1 Å². The minimum Gasteiger partial charge on any atom is -0.320 e. The Morgan fingerprint density at radius 2 is 1.93 bits per heavy atom. The van der Waals surface area contributed by atoms with Gasteiger partial charge in [-0.15, -0.1) is 0 Å². The summed E-state index contributed by atoms with van der Waals surface area (Å²) in [4.78, 5) is 34.5. The summed E-state index contributed by atoms with van der Waals surface area (Å²) in [6.45, 7) is 4.84. The van der Waals surface area contributed by atoms with Crippen LogP contribution in [0.5, 0.6) is 0 Å². The highest BCUT2D eigenvalue weighted by molar-refractivity contribution is 5.89. The maximum Gasteiger partial charge on any atom is 0.322 e. The highest BCUT2D eigenvalue weighted by atomic mass is 16.2. The van der Waals surface area contributed by atoms with Gasteiger partial charge < -0.3 is 15.2 Å². The first-order valence-electron chi connectivity index (χ1n) is 9.77. The topological polar surface area (TPSA) is 78.1 Å². The quantitative estimate of drug-likeness (QED) is 0.720. The molecule has 0 saturated carbocycles. The summed E-state index contributed by atoms with van der Waals surface area (Å²) in [7, 11) is 0. The van der Waals surface area contributed by atoms with Crippen molar-refractivity contribution in [2.75, 3.05) is 11.9 Å². The lowest BCUT2D eigenvalue weighted by molar-refractivity contribution is 0.205. The number of H-pyrrole nitrogens is 1. The number of carbonyl (C=O) groups is 1. The predicted molar refractivity (Wildman–Crippen MR) is 113 cm³/mol. The van der Waals surface area contributed by atoms with Crippen LogP contribution in [0.3, 0.4) is 0 Å². The van der Waals surface area contributed by atoms with Crippen LogP contribution in [0.1, 0.15) is 33.8 Å². The van der Waals surface area contributed by atoms with E-state index in [0.717, 1.165) is 22.5 Å². The molecule has 0 aliphatic carbocycles. The Morgan fingerprint density at radius 1 is 1.14 bits per heavy atom. The number of nitrogens with one attached hydrogen (secondary N) is 2. The van der Waals surface area contributed by atoms with E-state index < -0.39 is 0 Å². The molecule has 0 bridgehead atoms. The normalized spacial score (nSPS) is 13.1. The van der Waals surface area contributed by atoms with Crippen LogP contribution in [0.4, 0.5) is 10.5 Å². The minimum atomic E-state index is -0.206. The molecule has 0 unspecified atom stereocenters. The molecule has 2 N–H and O–H groups in total. The first-order chi connectivity index (χ1) is 14.0. The zero-order valence-electron chi connectivity index (χ0n) is 16.7. The van der Waals surface area contributed by atoms with Gasteiger partial charge in [0.2, 0.25) is 0 Å². The van der Waals surface area contributed by atoms with Crippen LogP contribution < -0.4 is 10.9 Å². The van der Waals surface area contributed by atoms with Crippen molar-refractivity contribution in [1.29, 1.82) is 0 Å². The van der Waals surface area contributed by atoms with Crippen molar-refractivity contribution in [2.24, 2.45) is 0 Å². The lowest BCUT2D eigenvalue weighted by Crippen LogP contribution is -2.42. The van der Waals surface area contributed by atoms with Gasteiger partial charge in [-0.05, 0) is 31.5 Å². The van der Waals surface area contributed by atoms with Gasteiger partial charge in [0.15, 0.2) is 0 Å². The second kappa shape index (κ2) is 7.91. The number of anilines is 1. The summed E-state index contributed by atoms with van der Waals surface area (Å²) >= 11 is 0. The Bertz CT molecular complexity index is 1100. The molecule has 1 aliphatic heterocycles. The summed E-state index contributed by atoms with van der Waals surface area (Å²) in [6, 6.07) is 15.6. The molecule has 0 spiro atoms. The standard InChI is InChI=1S/C23H24N4O2/c1-15-6-8-18(9-7-15)24-23(29)27-11-10-20-19(14-27)22(28)26-21(25-20)13-17-5-3-4-16(2)12-17/h3-9,12H,10-11,13-14H2,1-2H3,(H,24,29)(H,25,26,28). The van der Waals surface area contributed by atoms with Gasteiger partial charge in [0.1, 0.15) is 5.82 Å². The van der Waals surface area contributed by atoms with Gasteiger partial charge in [0.05, 0.1) is 17.8 Å². The molecule has 0 radical (unpaired) electrons. The van der Waals surface area contributed by atoms with Crippen LogP contribution in [0.15, 0.2) is 53.3 Å². The number of amides is 2. The molecule has 3 aromatic rings. The van der Waals surface area contributed by atoms with Gasteiger partial charge in [-0.2, -0.15) is 0 Å². The number of fused-ring (bicyclic) bond motifs is 1. The minimum absolute atomic E-state index is 0.162. The van der Waals surface area contributed by atoms with Crippen molar-refractivity contribution in [2.45, 2.75) is 33.2 Å². The lowest BCUT2D eigenvalue weighted by Gasteiger charge is -2.28. The fraction of sp³-hybridized carbons (Fsp3) is 0.261. The summed E-state index contributed by atoms with van der Waals surface area (Å²) in [5, 5.41) is 2.89. The van der Waals surface area contributed by atoms with Crippen molar-refractivity contribution in [3.05, 3.63) is 92.7 Å². The van der Waals surface area contributed by atoms with Gasteiger partial charge in [-0.25, -0.2) is 9.78 Å². The van der Waals surface area contributed by atoms with Crippen molar-refractivity contribution in [1.82, 2.24) is 14.9 Å². The van der Waals surface area contributed by atoms with E-state index >= 15 is 0 Å². The molecule has 2 heterocycles. The molecule has 29 heavy (non-hydrogen) atoms. The number of urea groups is 1. The monoisotopic (exact) mass is 388 g/mol. The molecule has 2 amide bonds. The zero-order valence-corrected chi connectivity index (χ0v) is 16.7. The molecule has 1 aliphatic rings. The molecule has 0 saturated heterocycles. The smallest absolute Gasteiger partial charge is 0.320 e. The molecule has 6 heteroatoms. The maximum absolute atomic E-state index is 12.7. The third-order valence-electron chi connectivity index (χ3n) is 5.16. The predicted octanol–water partition coefficient (Wildman–Crippen LogP) is 3.57. The van der Waals surface area contributed by atoms with Crippen LogP contribution in [0, 0.1) is 13.8 Å². The number of benzene rings is 2. The van der Waals surface area contributed by atoms with E-state index in [9.17, 15) is 9.59 Å². The molecular formula is C23H24N4O2. The fourth-order valence-electron chi connectivity index (χ4n) is 3.59. The largest absolute Gasteiger partial charge is 0.322 e. The molecule has 6 nitrogen and oxygen atoms in total. The summed E-state index contributed by atoms with van der Waals surface area (Å²) in [6.07, 6.45) is 1.16. The Morgan fingerprint density at radius 3 is 2.69 bits per heavy atom. The summed E-state index contributed by atoms with van der Waals surface area (Å²) in [5.74, 6) is 0.664. The highest BCUT2D eigenvalue weighted by Gasteiger charge is 2.24. The first kappa shape index (κ1) is 18.9. The van der Waals surface area contributed by atoms with Crippen LogP contribution >= 0.6 is 0 Å². The number of aromatic nitrogens is 2. The second-order valence-electron chi connectivity index (χ2n) is 7.57. The van der Waals surface area contributed by atoms with Crippen molar-refractivity contribution in [3.63, 3.8) is 0 Å². The third-order valence-corrected chi connectivity index (χ3v) is 5.16. The van der Waals surface area contributed by atoms with Crippen molar-refractivity contribution < 1.29 is 4.79 Å². The maximum atomic E-state index is 12.7. The Balaban J connectivity index is 1.48. The number of rotatable bonds is 3. The molecule has 148 valence electrons. The van der Waals surface area contributed by atoms with Gasteiger partial charge in [0, 0.05) is 25.1 Å². The van der Waals surface area contributed by atoms with Gasteiger partial charge in [0.25, 0.3) is 5.56 Å². The Hall–Kier alpha value is -3.41. The van der Waals surface area contributed by atoms with Gasteiger partial charge in [-0.1, -0.05) is 47.5 Å².